The molecule has 1 N–H and O–H groups in total. The molecule has 0 bridgehead atoms. The van der Waals surface area contributed by atoms with Crippen molar-refractivity contribution in [1.29, 1.82) is 0 Å². The molecule has 0 unspecified atom stereocenters. The molecule has 0 radical (unpaired) electrons. The summed E-state index contributed by atoms with van der Waals surface area (Å²) in [4.78, 5) is 15.8. The van der Waals surface area contributed by atoms with E-state index < -0.39 is 10.0 Å². The van der Waals surface area contributed by atoms with E-state index >= 15 is 0 Å². The highest BCUT2D eigenvalue weighted by atomic mass is 32.2. The van der Waals surface area contributed by atoms with Gasteiger partial charge in [0.1, 0.15) is 5.75 Å². The van der Waals surface area contributed by atoms with Crippen LogP contribution >= 0.6 is 0 Å². The molecule has 2 aromatic carbocycles. The van der Waals surface area contributed by atoms with Crippen LogP contribution in [0.5, 0.6) is 5.75 Å². The maximum Gasteiger partial charge on any atom is 0.252 e. The van der Waals surface area contributed by atoms with Crippen LogP contribution in [0.1, 0.15) is 18.4 Å². The highest BCUT2D eigenvalue weighted by molar-refractivity contribution is 7.89. The Labute approximate surface area is 175 Å². The topological polar surface area (TPSA) is 88.7 Å². The minimum atomic E-state index is -3.79. The van der Waals surface area contributed by atoms with Gasteiger partial charge in [0, 0.05) is 31.3 Å². The van der Waals surface area contributed by atoms with Crippen molar-refractivity contribution in [3.8, 4) is 5.75 Å². The lowest BCUT2D eigenvalue weighted by atomic mass is 10.1. The number of hydrogen-bond donors (Lipinski definition) is 1. The molecule has 158 valence electrons. The van der Waals surface area contributed by atoms with Crippen LogP contribution in [0.3, 0.4) is 0 Å². The lowest BCUT2D eigenvalue weighted by molar-refractivity contribution is 0.0925. The Morgan fingerprint density at radius 1 is 1.17 bits per heavy atom. The zero-order valence-electron chi connectivity index (χ0n) is 16.7. The predicted molar refractivity (Wildman–Crippen MR) is 114 cm³/mol. The summed E-state index contributed by atoms with van der Waals surface area (Å²) in [7, 11) is -2.23. The van der Waals surface area contributed by atoms with Crippen LogP contribution in [0.2, 0.25) is 0 Å². The highest BCUT2D eigenvalue weighted by Gasteiger charge is 2.29. The summed E-state index contributed by atoms with van der Waals surface area (Å²) in [6, 6.07) is 15.4. The number of H-pyrrole nitrogens is 1. The summed E-state index contributed by atoms with van der Waals surface area (Å²) >= 11 is 0. The first-order chi connectivity index (χ1) is 14.5. The summed E-state index contributed by atoms with van der Waals surface area (Å²) in [6.45, 7) is 0.800. The molecule has 0 amide bonds. The smallest absolute Gasteiger partial charge is 0.252 e. The van der Waals surface area contributed by atoms with Gasteiger partial charge in [0.15, 0.2) is 0 Å². The maximum absolute atomic E-state index is 13.3. The Hall–Kier alpha value is -2.68. The molecular formula is C22H24N2O5S. The van der Waals surface area contributed by atoms with Gasteiger partial charge in [-0.15, -0.1) is 0 Å². The van der Waals surface area contributed by atoms with Crippen LogP contribution in [-0.4, -0.2) is 44.1 Å². The van der Waals surface area contributed by atoms with E-state index in [9.17, 15) is 13.2 Å². The Balaban J connectivity index is 1.71. The van der Waals surface area contributed by atoms with Gasteiger partial charge in [0.05, 0.1) is 23.6 Å². The standard InChI is InChI=1S/C22H24N2O5S/c1-28-18-10-9-16-12-17(22(25)23-21(16)13-18)14-24(15-19-6-5-11-29-19)30(26,27)20-7-3-2-4-8-20/h2-4,7-10,12-13,19H,5-6,11,14-15H2,1H3,(H,23,25)/t19-/m0/s1. The summed E-state index contributed by atoms with van der Waals surface area (Å²) in [5.41, 5.74) is 0.696. The van der Waals surface area contributed by atoms with Crippen LogP contribution in [0, 0.1) is 0 Å². The number of methoxy groups -OCH3 is 1. The summed E-state index contributed by atoms with van der Waals surface area (Å²) in [6.07, 6.45) is 1.53. The number of fused-ring (bicyclic) bond motifs is 1. The lowest BCUT2D eigenvalue weighted by Gasteiger charge is -2.25. The van der Waals surface area contributed by atoms with Crippen molar-refractivity contribution >= 4 is 20.9 Å². The Kier molecular flexibility index (Phi) is 5.90. The molecular weight excluding hydrogens is 404 g/mol. The number of ether oxygens (including phenoxy) is 2. The van der Waals surface area contributed by atoms with Gasteiger partial charge in [-0.2, -0.15) is 4.31 Å². The quantitative estimate of drug-likeness (QED) is 0.625. The van der Waals surface area contributed by atoms with Crippen molar-refractivity contribution in [3.05, 3.63) is 70.5 Å². The van der Waals surface area contributed by atoms with Crippen LogP contribution in [-0.2, 0) is 21.3 Å². The van der Waals surface area contributed by atoms with Crippen molar-refractivity contribution in [2.45, 2.75) is 30.4 Å². The fraction of sp³-hybridized carbons (Fsp3) is 0.318. The zero-order chi connectivity index (χ0) is 21.1. The van der Waals surface area contributed by atoms with Gasteiger partial charge in [-0.1, -0.05) is 18.2 Å². The van der Waals surface area contributed by atoms with Gasteiger partial charge in [-0.3, -0.25) is 4.79 Å². The Bertz CT molecular complexity index is 1190. The molecule has 4 rings (SSSR count). The molecule has 1 saturated heterocycles. The average molecular weight is 429 g/mol. The second-order valence-electron chi connectivity index (χ2n) is 7.32. The van der Waals surface area contributed by atoms with Crippen LogP contribution in [0.4, 0.5) is 0 Å². The van der Waals surface area contributed by atoms with E-state index in [0.717, 1.165) is 18.2 Å². The van der Waals surface area contributed by atoms with E-state index in [0.29, 0.717) is 23.4 Å². The summed E-state index contributed by atoms with van der Waals surface area (Å²) in [5, 5.41) is 0.805. The van der Waals surface area contributed by atoms with Crippen molar-refractivity contribution in [2.75, 3.05) is 20.3 Å². The van der Waals surface area contributed by atoms with Crippen molar-refractivity contribution in [3.63, 3.8) is 0 Å². The first kappa shape index (κ1) is 20.6. The van der Waals surface area contributed by atoms with E-state index in [1.165, 1.54) is 4.31 Å². The third-order valence-electron chi connectivity index (χ3n) is 5.29. The molecule has 1 aromatic heterocycles. The number of rotatable bonds is 7. The SMILES string of the molecule is COc1ccc2cc(CN(C[C@@H]3CCCO3)S(=O)(=O)c3ccccc3)c(=O)[nH]c2c1. The molecule has 1 atom stereocenters. The second kappa shape index (κ2) is 8.59. The van der Waals surface area contributed by atoms with E-state index in [-0.39, 0.29) is 29.6 Å². The lowest BCUT2D eigenvalue weighted by Crippen LogP contribution is -2.38. The average Bonchev–Trinajstić information content (AvgIpc) is 3.27. The van der Waals surface area contributed by atoms with E-state index in [2.05, 4.69) is 4.98 Å². The fourth-order valence-corrected chi connectivity index (χ4v) is 5.14. The number of aromatic nitrogens is 1. The highest BCUT2D eigenvalue weighted by Crippen LogP contribution is 2.23. The number of benzene rings is 2. The van der Waals surface area contributed by atoms with E-state index in [1.54, 1.807) is 55.6 Å². The normalized spacial score (nSPS) is 16.9. The monoisotopic (exact) mass is 428 g/mol. The van der Waals surface area contributed by atoms with Gasteiger partial charge in [0.2, 0.25) is 10.0 Å². The molecule has 0 aliphatic carbocycles. The molecule has 8 heteroatoms. The van der Waals surface area contributed by atoms with Crippen LogP contribution in [0.25, 0.3) is 10.9 Å². The van der Waals surface area contributed by atoms with Gasteiger partial charge in [-0.25, -0.2) is 8.42 Å². The molecule has 1 fully saturated rings. The Morgan fingerprint density at radius 2 is 1.97 bits per heavy atom. The predicted octanol–water partition coefficient (Wildman–Crippen LogP) is 2.91. The number of hydrogen-bond acceptors (Lipinski definition) is 5. The van der Waals surface area contributed by atoms with Crippen molar-refractivity contribution in [1.82, 2.24) is 9.29 Å². The molecule has 1 aliphatic rings. The van der Waals surface area contributed by atoms with Gasteiger partial charge >= 0.3 is 0 Å². The number of nitrogens with zero attached hydrogens (tertiary/aromatic N) is 1. The third-order valence-corrected chi connectivity index (χ3v) is 7.11. The molecule has 3 aromatic rings. The van der Waals surface area contributed by atoms with Crippen molar-refractivity contribution < 1.29 is 17.9 Å². The number of pyridine rings is 1. The molecule has 0 spiro atoms. The number of aromatic amines is 1. The van der Waals surface area contributed by atoms with Crippen LogP contribution < -0.4 is 10.3 Å². The fourth-order valence-electron chi connectivity index (χ4n) is 3.66. The molecule has 0 saturated carbocycles. The minimum Gasteiger partial charge on any atom is -0.497 e. The molecule has 7 nitrogen and oxygen atoms in total. The number of nitrogens with one attached hydrogen (secondary N) is 1. The third kappa shape index (κ3) is 4.26. The molecule has 30 heavy (non-hydrogen) atoms. The largest absolute Gasteiger partial charge is 0.497 e. The molecule has 1 aliphatic heterocycles. The minimum absolute atomic E-state index is 0.0333. The Morgan fingerprint density at radius 3 is 2.67 bits per heavy atom. The van der Waals surface area contributed by atoms with Gasteiger partial charge in [0.25, 0.3) is 5.56 Å². The van der Waals surface area contributed by atoms with Crippen molar-refractivity contribution in [2.24, 2.45) is 0 Å². The second-order valence-corrected chi connectivity index (χ2v) is 9.26. The van der Waals surface area contributed by atoms with Gasteiger partial charge in [-0.05, 0) is 48.6 Å². The zero-order valence-corrected chi connectivity index (χ0v) is 17.5. The summed E-state index contributed by atoms with van der Waals surface area (Å²) in [5.74, 6) is 0.637. The summed E-state index contributed by atoms with van der Waals surface area (Å²) < 4.78 is 38.9. The maximum atomic E-state index is 13.3. The first-order valence-electron chi connectivity index (χ1n) is 9.84. The van der Waals surface area contributed by atoms with Gasteiger partial charge < -0.3 is 14.5 Å². The molecule has 2 heterocycles. The van der Waals surface area contributed by atoms with Crippen LogP contribution in [0.15, 0.2) is 64.3 Å². The number of sulfonamides is 1. The van der Waals surface area contributed by atoms with E-state index in [1.807, 2.05) is 6.07 Å². The first-order valence-corrected chi connectivity index (χ1v) is 11.3. The van der Waals surface area contributed by atoms with E-state index in [4.69, 9.17) is 9.47 Å².